The number of carbonyl (C=O) groups is 1. The third-order valence-corrected chi connectivity index (χ3v) is 3.70. The van der Waals surface area contributed by atoms with Crippen molar-refractivity contribution in [3.63, 3.8) is 0 Å². The smallest absolute Gasteiger partial charge is 0.274 e. The zero-order chi connectivity index (χ0) is 14.8. The van der Waals surface area contributed by atoms with Crippen LogP contribution in [0.3, 0.4) is 0 Å². The monoisotopic (exact) mass is 291 g/mol. The van der Waals surface area contributed by atoms with Gasteiger partial charge in [0.15, 0.2) is 5.69 Å². The molecular formula is C15H18FN3O2. The number of ether oxygens (including phenoxy) is 1. The van der Waals surface area contributed by atoms with Gasteiger partial charge in [-0.2, -0.15) is 4.39 Å². The van der Waals surface area contributed by atoms with Crippen LogP contribution in [0.4, 0.5) is 4.39 Å². The third kappa shape index (κ3) is 2.90. The van der Waals surface area contributed by atoms with Crippen LogP contribution in [0.1, 0.15) is 35.3 Å². The molecule has 1 amide bonds. The summed E-state index contributed by atoms with van der Waals surface area (Å²) in [4.78, 5) is 16.2. The van der Waals surface area contributed by atoms with Crippen LogP contribution in [-0.4, -0.2) is 34.5 Å². The van der Waals surface area contributed by atoms with E-state index in [2.05, 4.69) is 10.3 Å². The van der Waals surface area contributed by atoms with Gasteiger partial charge in [-0.25, -0.2) is 4.98 Å². The van der Waals surface area contributed by atoms with E-state index in [4.69, 9.17) is 4.74 Å². The Balaban J connectivity index is 1.73. The first-order valence-corrected chi connectivity index (χ1v) is 7.19. The molecule has 1 N–H and O–H groups in total. The van der Waals surface area contributed by atoms with Crippen LogP contribution in [0.25, 0.3) is 5.65 Å². The van der Waals surface area contributed by atoms with Gasteiger partial charge < -0.3 is 10.1 Å². The number of amides is 1. The van der Waals surface area contributed by atoms with E-state index in [0.29, 0.717) is 12.2 Å². The van der Waals surface area contributed by atoms with Gasteiger partial charge in [0.1, 0.15) is 5.65 Å². The standard InChI is InChI=1S/C15H18FN3O2/c1-10-5-6-19-12(8-10)18-13(14(19)16)15(20)17-9-11-4-2-3-7-21-11/h5-6,8,11H,2-4,7,9H2,1H3,(H,17,20)/t11-/m1/s1. The van der Waals surface area contributed by atoms with Gasteiger partial charge in [-0.3, -0.25) is 9.20 Å². The topological polar surface area (TPSA) is 55.6 Å². The molecule has 0 unspecified atom stereocenters. The van der Waals surface area contributed by atoms with Gasteiger partial charge in [-0.15, -0.1) is 0 Å². The number of carbonyl (C=O) groups excluding carboxylic acids is 1. The van der Waals surface area contributed by atoms with Crippen LogP contribution < -0.4 is 5.32 Å². The van der Waals surface area contributed by atoms with Gasteiger partial charge in [-0.05, 0) is 43.9 Å². The first-order valence-electron chi connectivity index (χ1n) is 7.19. The predicted octanol–water partition coefficient (Wildman–Crippen LogP) is 2.08. The van der Waals surface area contributed by atoms with Crippen LogP contribution in [-0.2, 0) is 4.74 Å². The Morgan fingerprint density at radius 1 is 1.57 bits per heavy atom. The molecule has 2 aromatic heterocycles. The maximum absolute atomic E-state index is 14.2. The van der Waals surface area contributed by atoms with E-state index in [9.17, 15) is 9.18 Å². The van der Waals surface area contributed by atoms with Gasteiger partial charge >= 0.3 is 0 Å². The summed E-state index contributed by atoms with van der Waals surface area (Å²) < 4.78 is 21.0. The second kappa shape index (κ2) is 5.81. The lowest BCUT2D eigenvalue weighted by Crippen LogP contribution is -2.35. The molecule has 1 aliphatic rings. The summed E-state index contributed by atoms with van der Waals surface area (Å²) >= 11 is 0. The molecule has 1 fully saturated rings. The summed E-state index contributed by atoms with van der Waals surface area (Å²) in [5.74, 6) is -1.13. The number of rotatable bonds is 3. The summed E-state index contributed by atoms with van der Waals surface area (Å²) in [7, 11) is 0. The molecule has 0 bridgehead atoms. The molecular weight excluding hydrogens is 273 g/mol. The first kappa shape index (κ1) is 14.0. The summed E-state index contributed by atoms with van der Waals surface area (Å²) in [6, 6.07) is 3.51. The molecule has 3 heterocycles. The largest absolute Gasteiger partial charge is 0.376 e. The Hall–Kier alpha value is -1.95. The van der Waals surface area contributed by atoms with Crippen LogP contribution in [0.5, 0.6) is 0 Å². The van der Waals surface area contributed by atoms with E-state index in [0.717, 1.165) is 31.4 Å². The Kier molecular flexibility index (Phi) is 3.88. The normalized spacial score (nSPS) is 18.9. The molecule has 5 nitrogen and oxygen atoms in total. The number of halogens is 1. The van der Waals surface area contributed by atoms with Crippen molar-refractivity contribution >= 4 is 11.6 Å². The molecule has 3 rings (SSSR count). The minimum atomic E-state index is -0.632. The Bertz CT molecular complexity index is 662. The minimum Gasteiger partial charge on any atom is -0.376 e. The molecule has 6 heteroatoms. The van der Waals surface area contributed by atoms with Crippen LogP contribution >= 0.6 is 0 Å². The molecule has 2 aromatic rings. The van der Waals surface area contributed by atoms with Crippen molar-refractivity contribution in [2.24, 2.45) is 0 Å². The molecule has 0 radical (unpaired) electrons. The highest BCUT2D eigenvalue weighted by Gasteiger charge is 2.21. The fourth-order valence-electron chi connectivity index (χ4n) is 2.52. The maximum Gasteiger partial charge on any atom is 0.274 e. The molecule has 0 spiro atoms. The average molecular weight is 291 g/mol. The van der Waals surface area contributed by atoms with E-state index >= 15 is 0 Å². The molecule has 1 aliphatic heterocycles. The molecule has 0 aliphatic carbocycles. The molecule has 112 valence electrons. The number of nitrogens with zero attached hydrogens (tertiary/aromatic N) is 2. The fourth-order valence-corrected chi connectivity index (χ4v) is 2.52. The fraction of sp³-hybridized carbons (Fsp3) is 0.467. The lowest BCUT2D eigenvalue weighted by molar-refractivity contribution is 0.0168. The van der Waals surface area contributed by atoms with E-state index in [1.54, 1.807) is 18.3 Å². The van der Waals surface area contributed by atoms with E-state index in [1.807, 2.05) is 6.92 Å². The average Bonchev–Trinajstić information content (AvgIpc) is 2.82. The second-order valence-electron chi connectivity index (χ2n) is 5.38. The number of aromatic nitrogens is 2. The predicted molar refractivity (Wildman–Crippen MR) is 75.8 cm³/mol. The SMILES string of the molecule is Cc1ccn2c(F)c(C(=O)NC[C@H]3CCCCO3)nc2c1. The highest BCUT2D eigenvalue weighted by molar-refractivity contribution is 5.93. The van der Waals surface area contributed by atoms with Crippen molar-refractivity contribution in [1.29, 1.82) is 0 Å². The number of fused-ring (bicyclic) bond motifs is 1. The molecule has 1 saturated heterocycles. The van der Waals surface area contributed by atoms with Gasteiger partial charge in [0.2, 0.25) is 5.95 Å². The van der Waals surface area contributed by atoms with Gasteiger partial charge in [0, 0.05) is 19.3 Å². The first-order chi connectivity index (χ1) is 10.1. The van der Waals surface area contributed by atoms with Crippen molar-refractivity contribution in [2.45, 2.75) is 32.3 Å². The number of hydrogen-bond donors (Lipinski definition) is 1. The lowest BCUT2D eigenvalue weighted by atomic mass is 10.1. The lowest BCUT2D eigenvalue weighted by Gasteiger charge is -2.22. The summed E-state index contributed by atoms with van der Waals surface area (Å²) in [6.45, 7) is 3.01. The van der Waals surface area contributed by atoms with Crippen molar-refractivity contribution in [3.8, 4) is 0 Å². The van der Waals surface area contributed by atoms with Gasteiger partial charge in [0.05, 0.1) is 6.10 Å². The number of pyridine rings is 1. The number of imidazole rings is 1. The van der Waals surface area contributed by atoms with E-state index in [-0.39, 0.29) is 11.8 Å². The second-order valence-corrected chi connectivity index (χ2v) is 5.38. The Labute approximate surface area is 122 Å². The van der Waals surface area contributed by atoms with Crippen molar-refractivity contribution in [2.75, 3.05) is 13.2 Å². The quantitative estimate of drug-likeness (QED) is 0.942. The zero-order valence-corrected chi connectivity index (χ0v) is 11.9. The van der Waals surface area contributed by atoms with Crippen molar-refractivity contribution in [1.82, 2.24) is 14.7 Å². The van der Waals surface area contributed by atoms with Crippen LogP contribution in [0.15, 0.2) is 18.3 Å². The Morgan fingerprint density at radius 3 is 3.19 bits per heavy atom. The number of aryl methyl sites for hydroxylation is 1. The minimum absolute atomic E-state index is 0.0186. The molecule has 1 atom stereocenters. The van der Waals surface area contributed by atoms with Gasteiger partial charge in [-0.1, -0.05) is 0 Å². The maximum atomic E-state index is 14.2. The van der Waals surface area contributed by atoms with Crippen molar-refractivity contribution < 1.29 is 13.9 Å². The zero-order valence-electron chi connectivity index (χ0n) is 11.9. The van der Waals surface area contributed by atoms with Crippen molar-refractivity contribution in [3.05, 3.63) is 35.5 Å². The van der Waals surface area contributed by atoms with E-state index < -0.39 is 11.9 Å². The van der Waals surface area contributed by atoms with Crippen LogP contribution in [0, 0.1) is 12.9 Å². The third-order valence-electron chi connectivity index (χ3n) is 3.70. The van der Waals surface area contributed by atoms with Crippen LogP contribution in [0.2, 0.25) is 0 Å². The molecule has 21 heavy (non-hydrogen) atoms. The van der Waals surface area contributed by atoms with E-state index in [1.165, 1.54) is 4.40 Å². The summed E-state index contributed by atoms with van der Waals surface area (Å²) in [6.07, 6.45) is 4.68. The summed E-state index contributed by atoms with van der Waals surface area (Å²) in [5.41, 5.74) is 1.23. The summed E-state index contributed by atoms with van der Waals surface area (Å²) in [5, 5.41) is 2.71. The Morgan fingerprint density at radius 2 is 2.43 bits per heavy atom. The molecule has 0 aromatic carbocycles. The molecule has 0 saturated carbocycles. The highest BCUT2D eigenvalue weighted by atomic mass is 19.1. The number of hydrogen-bond acceptors (Lipinski definition) is 3. The highest BCUT2D eigenvalue weighted by Crippen LogP contribution is 2.14. The van der Waals surface area contributed by atoms with Gasteiger partial charge in [0.25, 0.3) is 5.91 Å². The number of nitrogens with one attached hydrogen (secondary N) is 1.